The number of hydrogen-bond acceptors (Lipinski definition) is 2. The summed E-state index contributed by atoms with van der Waals surface area (Å²) in [4.78, 5) is 4.79. The minimum absolute atomic E-state index is 0.826. The van der Waals surface area contributed by atoms with Crippen LogP contribution in [0.3, 0.4) is 0 Å². The molecule has 0 aliphatic rings. The van der Waals surface area contributed by atoms with Gasteiger partial charge < -0.3 is 4.74 Å². The Balaban J connectivity index is 1.84. The summed E-state index contributed by atoms with van der Waals surface area (Å²) in [6.45, 7) is 0. The van der Waals surface area contributed by atoms with Gasteiger partial charge in [-0.3, -0.25) is 0 Å². The van der Waals surface area contributed by atoms with E-state index in [0.717, 1.165) is 22.7 Å². The first-order valence-corrected chi connectivity index (χ1v) is 8.53. The van der Waals surface area contributed by atoms with Crippen molar-refractivity contribution in [3.05, 3.63) is 114 Å². The third-order valence-corrected chi connectivity index (χ3v) is 3.84. The fourth-order valence-electron chi connectivity index (χ4n) is 2.48. The zero-order chi connectivity index (χ0) is 18.0. The molecule has 0 saturated carbocycles. The number of benzene rings is 3. The van der Waals surface area contributed by atoms with E-state index in [-0.39, 0.29) is 0 Å². The summed E-state index contributed by atoms with van der Waals surface area (Å²) in [5.41, 5.74) is 4.05. The van der Waals surface area contributed by atoms with E-state index in [1.54, 1.807) is 7.11 Å². The summed E-state index contributed by atoms with van der Waals surface area (Å²) < 4.78 is 5.21. The highest BCUT2D eigenvalue weighted by Gasteiger charge is 2.00. The van der Waals surface area contributed by atoms with Crippen LogP contribution in [0.1, 0.15) is 11.1 Å². The van der Waals surface area contributed by atoms with Crippen LogP contribution in [-0.4, -0.2) is 12.8 Å². The lowest BCUT2D eigenvalue weighted by atomic mass is 10.1. The molecule has 3 aromatic rings. The lowest BCUT2D eigenvalue weighted by Gasteiger charge is -2.03. The molecule has 2 heteroatoms. The molecule has 0 amide bonds. The molecule has 0 aliphatic carbocycles. The van der Waals surface area contributed by atoms with Gasteiger partial charge in [0.15, 0.2) is 0 Å². The molecule has 0 aromatic heterocycles. The second-order valence-electron chi connectivity index (χ2n) is 5.69. The van der Waals surface area contributed by atoms with Crippen molar-refractivity contribution in [2.45, 2.75) is 0 Å². The number of ether oxygens (including phenoxy) is 1. The molecule has 0 N–H and O–H groups in total. The van der Waals surface area contributed by atoms with Gasteiger partial charge >= 0.3 is 0 Å². The number of hydrogen-bond donors (Lipinski definition) is 0. The smallest absolute Gasteiger partial charge is 0.119 e. The van der Waals surface area contributed by atoms with Gasteiger partial charge in [-0.2, -0.15) is 0 Å². The summed E-state index contributed by atoms with van der Waals surface area (Å²) in [6, 6.07) is 28.2. The Morgan fingerprint density at radius 3 is 2.08 bits per heavy atom. The van der Waals surface area contributed by atoms with Crippen molar-refractivity contribution in [1.29, 1.82) is 0 Å². The Morgan fingerprint density at radius 2 is 1.42 bits per heavy atom. The highest BCUT2D eigenvalue weighted by molar-refractivity contribution is 6.10. The first kappa shape index (κ1) is 17.4. The van der Waals surface area contributed by atoms with E-state index in [1.165, 1.54) is 5.56 Å². The van der Waals surface area contributed by atoms with Crippen LogP contribution in [0.15, 0.2) is 108 Å². The molecule has 0 bridgehead atoms. The van der Waals surface area contributed by atoms with Crippen LogP contribution in [0.2, 0.25) is 0 Å². The maximum atomic E-state index is 5.21. The Kier molecular flexibility index (Phi) is 6.16. The maximum Gasteiger partial charge on any atom is 0.119 e. The average molecular weight is 339 g/mol. The summed E-state index contributed by atoms with van der Waals surface area (Å²) in [6.07, 6.45) is 8.15. The summed E-state index contributed by atoms with van der Waals surface area (Å²) >= 11 is 0. The third-order valence-electron chi connectivity index (χ3n) is 3.84. The van der Waals surface area contributed by atoms with Crippen LogP contribution < -0.4 is 4.74 Å². The van der Waals surface area contributed by atoms with E-state index in [2.05, 4.69) is 30.3 Å². The minimum atomic E-state index is 0.826. The van der Waals surface area contributed by atoms with Gasteiger partial charge in [0.05, 0.1) is 18.5 Å². The monoisotopic (exact) mass is 339 g/mol. The first-order chi connectivity index (χ1) is 12.8. The van der Waals surface area contributed by atoms with Crippen molar-refractivity contribution in [1.82, 2.24) is 0 Å². The zero-order valence-electron chi connectivity index (χ0n) is 14.7. The molecule has 0 spiro atoms. The molecule has 3 aromatic carbocycles. The summed E-state index contributed by atoms with van der Waals surface area (Å²) in [5, 5.41) is 0. The number of allylic oxidation sites excluding steroid dienone is 3. The Hall–Kier alpha value is -3.39. The topological polar surface area (TPSA) is 21.6 Å². The predicted octanol–water partition coefficient (Wildman–Crippen LogP) is 6.09. The Morgan fingerprint density at radius 1 is 0.769 bits per heavy atom. The molecule has 0 saturated heterocycles. The van der Waals surface area contributed by atoms with Crippen LogP contribution in [-0.2, 0) is 0 Å². The van der Waals surface area contributed by atoms with Gasteiger partial charge in [-0.05, 0) is 35.9 Å². The largest absolute Gasteiger partial charge is 0.497 e. The molecule has 0 radical (unpaired) electrons. The summed E-state index contributed by atoms with van der Waals surface area (Å²) in [7, 11) is 1.66. The first-order valence-electron chi connectivity index (χ1n) is 8.53. The van der Waals surface area contributed by atoms with Crippen molar-refractivity contribution in [2.75, 3.05) is 7.11 Å². The maximum absolute atomic E-state index is 5.21. The van der Waals surface area contributed by atoms with E-state index in [4.69, 9.17) is 9.73 Å². The van der Waals surface area contributed by atoms with E-state index in [1.807, 2.05) is 78.9 Å². The number of rotatable bonds is 6. The molecule has 3 rings (SSSR count). The molecule has 2 nitrogen and oxygen atoms in total. The van der Waals surface area contributed by atoms with Gasteiger partial charge in [-0.1, -0.05) is 78.9 Å². The van der Waals surface area contributed by atoms with Crippen molar-refractivity contribution in [3.63, 3.8) is 0 Å². The molecule has 128 valence electrons. The van der Waals surface area contributed by atoms with Crippen molar-refractivity contribution >= 4 is 17.5 Å². The standard InChI is InChI=1S/C24H21NO/c1-26-23-18-16-22(17-19-23)25-24(21-13-6-3-7-14-21)15-9-8-12-20-10-4-2-5-11-20/h2-19H,1H3/b12-8+,15-9+,25-24?. The molecule has 0 fully saturated rings. The van der Waals surface area contributed by atoms with E-state index in [9.17, 15) is 0 Å². The Labute approximate surface area is 154 Å². The predicted molar refractivity (Wildman–Crippen MR) is 110 cm³/mol. The zero-order valence-corrected chi connectivity index (χ0v) is 14.7. The van der Waals surface area contributed by atoms with Crippen molar-refractivity contribution < 1.29 is 4.74 Å². The number of nitrogens with zero attached hydrogens (tertiary/aromatic N) is 1. The van der Waals surface area contributed by atoms with Crippen LogP contribution in [0.25, 0.3) is 6.08 Å². The van der Waals surface area contributed by atoms with Gasteiger partial charge in [0, 0.05) is 5.56 Å². The van der Waals surface area contributed by atoms with Gasteiger partial charge in [0.25, 0.3) is 0 Å². The van der Waals surface area contributed by atoms with Gasteiger partial charge in [-0.25, -0.2) is 4.99 Å². The average Bonchev–Trinajstić information content (AvgIpc) is 2.72. The fourth-order valence-corrected chi connectivity index (χ4v) is 2.48. The normalized spacial score (nSPS) is 12.0. The van der Waals surface area contributed by atoms with Crippen LogP contribution in [0.5, 0.6) is 5.75 Å². The summed E-state index contributed by atoms with van der Waals surface area (Å²) in [5.74, 6) is 0.826. The second-order valence-corrected chi connectivity index (χ2v) is 5.69. The lowest BCUT2D eigenvalue weighted by molar-refractivity contribution is 0.415. The van der Waals surface area contributed by atoms with Gasteiger partial charge in [0.2, 0.25) is 0 Å². The molecule has 0 heterocycles. The van der Waals surface area contributed by atoms with E-state index >= 15 is 0 Å². The van der Waals surface area contributed by atoms with E-state index < -0.39 is 0 Å². The number of methoxy groups -OCH3 is 1. The lowest BCUT2D eigenvalue weighted by Crippen LogP contribution is -1.95. The highest BCUT2D eigenvalue weighted by Crippen LogP contribution is 2.19. The van der Waals surface area contributed by atoms with Crippen molar-refractivity contribution in [3.8, 4) is 5.75 Å². The van der Waals surface area contributed by atoms with Crippen LogP contribution >= 0.6 is 0 Å². The van der Waals surface area contributed by atoms with Crippen molar-refractivity contribution in [2.24, 2.45) is 4.99 Å². The van der Waals surface area contributed by atoms with Crippen LogP contribution in [0.4, 0.5) is 5.69 Å². The SMILES string of the molecule is COc1ccc(N=C(/C=C/C=C/c2ccccc2)c2ccccc2)cc1. The Bertz CT molecular complexity index is 892. The quantitative estimate of drug-likeness (QED) is 0.393. The molecule has 26 heavy (non-hydrogen) atoms. The molecular formula is C24H21NO. The van der Waals surface area contributed by atoms with Crippen LogP contribution in [0, 0.1) is 0 Å². The highest BCUT2D eigenvalue weighted by atomic mass is 16.5. The molecule has 0 atom stereocenters. The van der Waals surface area contributed by atoms with Gasteiger partial charge in [0.1, 0.15) is 5.75 Å². The molecule has 0 aliphatic heterocycles. The third kappa shape index (κ3) is 5.05. The van der Waals surface area contributed by atoms with E-state index in [0.29, 0.717) is 0 Å². The molecular weight excluding hydrogens is 318 g/mol. The fraction of sp³-hybridized carbons (Fsp3) is 0.0417. The second kappa shape index (κ2) is 9.19. The molecule has 0 unspecified atom stereocenters. The minimum Gasteiger partial charge on any atom is -0.497 e. The number of aliphatic imine (C=N–C) groups is 1. The van der Waals surface area contributed by atoms with Gasteiger partial charge in [-0.15, -0.1) is 0 Å².